The first-order valence-corrected chi connectivity index (χ1v) is 7.88. The van der Waals surface area contributed by atoms with Crippen molar-refractivity contribution >= 4 is 11.8 Å². The van der Waals surface area contributed by atoms with Gasteiger partial charge in [-0.2, -0.15) is 0 Å². The Balaban J connectivity index is 1.64. The van der Waals surface area contributed by atoms with Gasteiger partial charge in [-0.25, -0.2) is 0 Å². The van der Waals surface area contributed by atoms with Crippen LogP contribution in [0.4, 0.5) is 0 Å². The van der Waals surface area contributed by atoms with Crippen molar-refractivity contribution in [1.82, 2.24) is 10.2 Å². The summed E-state index contributed by atoms with van der Waals surface area (Å²) < 4.78 is 0. The van der Waals surface area contributed by atoms with Crippen LogP contribution in [0.3, 0.4) is 0 Å². The number of carbonyl (C=O) groups excluding carboxylic acids is 2. The lowest BCUT2D eigenvalue weighted by atomic mass is 10.0. The smallest absolute Gasteiger partial charge is 0.245 e. The van der Waals surface area contributed by atoms with Crippen LogP contribution in [-0.2, 0) is 22.6 Å². The number of benzene rings is 2. The lowest BCUT2D eigenvalue weighted by Crippen LogP contribution is -2.57. The maximum Gasteiger partial charge on any atom is 0.245 e. The predicted molar refractivity (Wildman–Crippen MR) is 88.6 cm³/mol. The van der Waals surface area contributed by atoms with Crippen LogP contribution in [0.1, 0.15) is 17.5 Å². The molecule has 2 amide bonds. The number of carbonyl (C=O) groups is 2. The first kappa shape index (κ1) is 15.3. The van der Waals surface area contributed by atoms with Crippen LogP contribution in [0.2, 0.25) is 0 Å². The van der Waals surface area contributed by atoms with Gasteiger partial charge in [0.05, 0.1) is 6.54 Å². The van der Waals surface area contributed by atoms with Crippen molar-refractivity contribution in [2.45, 2.75) is 25.4 Å². The standard InChI is InChI=1S/C19H20N2O2/c22-18-14-21(13-16-9-5-2-6-10-16)19(23)17(20-18)12-11-15-7-3-1-4-8-15/h1-10,17H,11-14H2,(H,20,22)/t17-/m0/s1. The van der Waals surface area contributed by atoms with Crippen molar-refractivity contribution in [3.05, 3.63) is 71.8 Å². The van der Waals surface area contributed by atoms with E-state index in [9.17, 15) is 9.59 Å². The Morgan fingerprint density at radius 2 is 1.52 bits per heavy atom. The van der Waals surface area contributed by atoms with Gasteiger partial charge in [0, 0.05) is 6.54 Å². The first-order valence-electron chi connectivity index (χ1n) is 7.88. The summed E-state index contributed by atoms with van der Waals surface area (Å²) in [4.78, 5) is 26.2. The molecule has 1 heterocycles. The molecule has 0 bridgehead atoms. The largest absolute Gasteiger partial charge is 0.343 e. The zero-order valence-electron chi connectivity index (χ0n) is 12.9. The number of rotatable bonds is 5. The molecule has 2 aromatic rings. The average Bonchev–Trinajstić information content (AvgIpc) is 2.58. The van der Waals surface area contributed by atoms with Crippen LogP contribution in [0, 0.1) is 0 Å². The van der Waals surface area contributed by atoms with E-state index in [0.29, 0.717) is 13.0 Å². The Labute approximate surface area is 136 Å². The molecule has 0 unspecified atom stereocenters. The molecule has 1 aliphatic rings. The van der Waals surface area contributed by atoms with Gasteiger partial charge in [-0.15, -0.1) is 0 Å². The molecule has 0 aliphatic carbocycles. The molecule has 2 aromatic carbocycles. The van der Waals surface area contributed by atoms with E-state index in [2.05, 4.69) is 5.32 Å². The number of aryl methyl sites for hydroxylation is 1. The van der Waals surface area contributed by atoms with E-state index in [1.165, 1.54) is 5.56 Å². The molecular formula is C19H20N2O2. The predicted octanol–water partition coefficient (Wildman–Crippen LogP) is 2.15. The summed E-state index contributed by atoms with van der Waals surface area (Å²) >= 11 is 0. The summed E-state index contributed by atoms with van der Waals surface area (Å²) in [5.41, 5.74) is 2.21. The molecule has 0 saturated carbocycles. The fourth-order valence-electron chi connectivity index (χ4n) is 2.86. The fourth-order valence-corrected chi connectivity index (χ4v) is 2.86. The Morgan fingerprint density at radius 1 is 0.913 bits per heavy atom. The summed E-state index contributed by atoms with van der Waals surface area (Å²) in [6.45, 7) is 0.616. The van der Waals surface area contributed by atoms with Gasteiger partial charge < -0.3 is 10.2 Å². The molecule has 0 aromatic heterocycles. The minimum absolute atomic E-state index is 0.00406. The Hall–Kier alpha value is -2.62. The Bertz CT molecular complexity index is 670. The quantitative estimate of drug-likeness (QED) is 0.920. The van der Waals surface area contributed by atoms with E-state index < -0.39 is 6.04 Å². The van der Waals surface area contributed by atoms with E-state index in [0.717, 1.165) is 12.0 Å². The number of nitrogens with one attached hydrogen (secondary N) is 1. The van der Waals surface area contributed by atoms with E-state index in [1.807, 2.05) is 60.7 Å². The highest BCUT2D eigenvalue weighted by Gasteiger charge is 2.32. The van der Waals surface area contributed by atoms with Crippen molar-refractivity contribution in [3.63, 3.8) is 0 Å². The molecule has 23 heavy (non-hydrogen) atoms. The van der Waals surface area contributed by atoms with Crippen molar-refractivity contribution in [1.29, 1.82) is 0 Å². The highest BCUT2D eigenvalue weighted by molar-refractivity contribution is 5.94. The van der Waals surface area contributed by atoms with Crippen molar-refractivity contribution in [2.24, 2.45) is 0 Å². The number of hydrogen-bond donors (Lipinski definition) is 1. The highest BCUT2D eigenvalue weighted by Crippen LogP contribution is 2.13. The van der Waals surface area contributed by atoms with Gasteiger partial charge in [-0.3, -0.25) is 9.59 Å². The topological polar surface area (TPSA) is 49.4 Å². The third-order valence-electron chi connectivity index (χ3n) is 4.06. The summed E-state index contributed by atoms with van der Waals surface area (Å²) in [5.74, 6) is -0.0806. The van der Waals surface area contributed by atoms with E-state index in [1.54, 1.807) is 4.90 Å². The molecule has 1 atom stereocenters. The van der Waals surface area contributed by atoms with Gasteiger partial charge in [0.2, 0.25) is 11.8 Å². The van der Waals surface area contributed by atoms with Crippen LogP contribution in [-0.4, -0.2) is 29.3 Å². The van der Waals surface area contributed by atoms with Crippen molar-refractivity contribution in [2.75, 3.05) is 6.54 Å². The molecule has 1 aliphatic heterocycles. The number of nitrogens with zero attached hydrogens (tertiary/aromatic N) is 1. The van der Waals surface area contributed by atoms with Crippen LogP contribution in [0.5, 0.6) is 0 Å². The number of amides is 2. The molecule has 1 saturated heterocycles. The minimum Gasteiger partial charge on any atom is -0.343 e. The van der Waals surface area contributed by atoms with E-state index >= 15 is 0 Å². The summed E-state index contributed by atoms with van der Waals surface area (Å²) in [5, 5.41) is 2.82. The highest BCUT2D eigenvalue weighted by atomic mass is 16.2. The Kier molecular flexibility index (Phi) is 4.71. The molecule has 4 nitrogen and oxygen atoms in total. The van der Waals surface area contributed by atoms with Crippen LogP contribution < -0.4 is 5.32 Å². The minimum atomic E-state index is -0.430. The molecule has 0 spiro atoms. The lowest BCUT2D eigenvalue weighted by molar-refractivity contribution is -0.145. The van der Waals surface area contributed by atoms with Gasteiger partial charge in [0.25, 0.3) is 0 Å². The summed E-state index contributed by atoms with van der Waals surface area (Å²) in [7, 11) is 0. The van der Waals surface area contributed by atoms with Crippen LogP contribution >= 0.6 is 0 Å². The second kappa shape index (κ2) is 7.09. The third-order valence-corrected chi connectivity index (χ3v) is 4.06. The molecule has 3 rings (SSSR count). The fraction of sp³-hybridized carbons (Fsp3) is 0.263. The normalized spacial score (nSPS) is 17.9. The molecule has 4 heteroatoms. The van der Waals surface area contributed by atoms with Crippen molar-refractivity contribution < 1.29 is 9.59 Å². The SMILES string of the molecule is O=C1CN(Cc2ccccc2)C(=O)[C@H](CCc2ccccc2)N1. The molecule has 1 N–H and O–H groups in total. The lowest BCUT2D eigenvalue weighted by Gasteiger charge is -2.32. The molecular weight excluding hydrogens is 288 g/mol. The maximum absolute atomic E-state index is 12.6. The monoisotopic (exact) mass is 308 g/mol. The third kappa shape index (κ3) is 3.97. The zero-order chi connectivity index (χ0) is 16.1. The molecule has 0 radical (unpaired) electrons. The zero-order valence-corrected chi connectivity index (χ0v) is 12.9. The Morgan fingerprint density at radius 3 is 2.17 bits per heavy atom. The van der Waals surface area contributed by atoms with Crippen LogP contribution in [0.25, 0.3) is 0 Å². The summed E-state index contributed by atoms with van der Waals surface area (Å²) in [6.07, 6.45) is 1.40. The maximum atomic E-state index is 12.6. The second-order valence-corrected chi connectivity index (χ2v) is 5.82. The number of piperazine rings is 1. The van der Waals surface area contributed by atoms with Gasteiger partial charge in [-0.1, -0.05) is 60.7 Å². The number of hydrogen-bond acceptors (Lipinski definition) is 2. The average molecular weight is 308 g/mol. The molecule has 1 fully saturated rings. The van der Waals surface area contributed by atoms with Gasteiger partial charge in [0.15, 0.2) is 0 Å². The molecule has 118 valence electrons. The van der Waals surface area contributed by atoms with Crippen LogP contribution in [0.15, 0.2) is 60.7 Å². The van der Waals surface area contributed by atoms with E-state index in [4.69, 9.17) is 0 Å². The van der Waals surface area contributed by atoms with Gasteiger partial charge >= 0.3 is 0 Å². The van der Waals surface area contributed by atoms with E-state index in [-0.39, 0.29) is 18.4 Å². The van der Waals surface area contributed by atoms with Gasteiger partial charge in [-0.05, 0) is 24.0 Å². The van der Waals surface area contributed by atoms with Gasteiger partial charge in [0.1, 0.15) is 6.04 Å². The van der Waals surface area contributed by atoms with Crippen molar-refractivity contribution in [3.8, 4) is 0 Å². The second-order valence-electron chi connectivity index (χ2n) is 5.82. The first-order chi connectivity index (χ1) is 11.2. The summed E-state index contributed by atoms with van der Waals surface area (Å²) in [6, 6.07) is 19.4.